The predicted molar refractivity (Wildman–Crippen MR) is 228 cm³/mol. The SMILES string of the molecule is CCCCC/C=C\C/C=C\C/C=C\C/C=C\CCCCCC(=O)O[C@H](CO/C=C\CCCCCCCC/C=C\CCCCCC)COP(=O)(O)OCCN. The van der Waals surface area contributed by atoms with Crippen LogP contribution in [-0.4, -0.2) is 43.3 Å². The first-order valence-corrected chi connectivity index (χ1v) is 23.0. The number of phosphoric ester groups is 1. The zero-order valence-corrected chi connectivity index (χ0v) is 35.3. The summed E-state index contributed by atoms with van der Waals surface area (Å²) in [5.41, 5.74) is 5.36. The Morgan fingerprint density at radius 1 is 0.574 bits per heavy atom. The Morgan fingerprint density at radius 2 is 1.00 bits per heavy atom. The fourth-order valence-electron chi connectivity index (χ4n) is 5.47. The molecule has 0 aromatic carbocycles. The monoisotopic (exact) mass is 778 g/mol. The van der Waals surface area contributed by atoms with Gasteiger partial charge in [-0.15, -0.1) is 0 Å². The van der Waals surface area contributed by atoms with E-state index < -0.39 is 13.9 Å². The van der Waals surface area contributed by atoms with Crippen molar-refractivity contribution in [3.63, 3.8) is 0 Å². The molecule has 8 nitrogen and oxygen atoms in total. The molecule has 0 amide bonds. The van der Waals surface area contributed by atoms with Crippen molar-refractivity contribution in [2.75, 3.05) is 26.4 Å². The Hall–Kier alpha value is -2.22. The van der Waals surface area contributed by atoms with Gasteiger partial charge in [0.25, 0.3) is 0 Å². The number of esters is 1. The second-order valence-electron chi connectivity index (χ2n) is 13.9. The van der Waals surface area contributed by atoms with E-state index in [2.05, 4.69) is 74.6 Å². The summed E-state index contributed by atoms with van der Waals surface area (Å²) >= 11 is 0. The largest absolute Gasteiger partial charge is 0.498 e. The van der Waals surface area contributed by atoms with E-state index in [1.54, 1.807) is 6.26 Å². The maximum atomic E-state index is 12.6. The number of allylic oxidation sites excluding steroid dienone is 11. The van der Waals surface area contributed by atoms with Gasteiger partial charge in [-0.25, -0.2) is 4.57 Å². The first kappa shape index (κ1) is 51.8. The third-order valence-electron chi connectivity index (χ3n) is 8.66. The highest BCUT2D eigenvalue weighted by molar-refractivity contribution is 7.47. The standard InChI is InChI=1S/C45H80NO7P/c1-3-5-7-9-11-13-15-17-19-21-22-23-24-26-28-30-32-34-36-38-45(47)53-44(43-52-54(48,49)51-41-39-46)42-50-40-37-35-33-31-29-27-25-20-18-16-14-12-10-8-6-4-2/h11,13-14,16-17,19,22-23,26,28,37,40,44H,3-10,12,15,18,20-21,24-25,27,29-36,38-39,41-43,46H2,1-2H3,(H,48,49)/b13-11-,16-14-,19-17-,23-22-,28-26-,40-37-/t44-/m1/s1. The van der Waals surface area contributed by atoms with E-state index in [1.165, 1.54) is 96.3 Å². The molecule has 3 N–H and O–H groups in total. The van der Waals surface area contributed by atoms with Gasteiger partial charge in [-0.05, 0) is 96.0 Å². The van der Waals surface area contributed by atoms with Crippen molar-refractivity contribution in [3.05, 3.63) is 73.1 Å². The summed E-state index contributed by atoms with van der Waals surface area (Å²) in [5.74, 6) is -0.386. The molecule has 1 unspecified atom stereocenters. The van der Waals surface area contributed by atoms with Crippen LogP contribution in [-0.2, 0) is 27.9 Å². The Bertz CT molecular complexity index is 1050. The molecule has 0 saturated heterocycles. The molecule has 0 aromatic rings. The van der Waals surface area contributed by atoms with E-state index >= 15 is 0 Å². The third kappa shape index (κ3) is 41.0. The van der Waals surface area contributed by atoms with Crippen LogP contribution in [0.25, 0.3) is 0 Å². The molecule has 312 valence electrons. The lowest BCUT2D eigenvalue weighted by Gasteiger charge is -2.19. The topological polar surface area (TPSA) is 117 Å². The molecule has 9 heteroatoms. The number of ether oxygens (including phenoxy) is 2. The summed E-state index contributed by atoms with van der Waals surface area (Å²) in [7, 11) is -4.31. The van der Waals surface area contributed by atoms with Crippen molar-refractivity contribution in [3.8, 4) is 0 Å². The maximum Gasteiger partial charge on any atom is 0.472 e. The van der Waals surface area contributed by atoms with Crippen LogP contribution in [0.5, 0.6) is 0 Å². The van der Waals surface area contributed by atoms with Crippen LogP contribution in [0.4, 0.5) is 0 Å². The van der Waals surface area contributed by atoms with Gasteiger partial charge in [-0.1, -0.05) is 139 Å². The third-order valence-corrected chi connectivity index (χ3v) is 9.64. The van der Waals surface area contributed by atoms with Gasteiger partial charge in [-0.2, -0.15) is 0 Å². The second-order valence-corrected chi connectivity index (χ2v) is 15.4. The number of phosphoric acid groups is 1. The quantitative estimate of drug-likeness (QED) is 0.0208. The van der Waals surface area contributed by atoms with Crippen LogP contribution >= 0.6 is 7.82 Å². The van der Waals surface area contributed by atoms with Gasteiger partial charge >= 0.3 is 13.8 Å². The lowest BCUT2D eigenvalue weighted by molar-refractivity contribution is -0.153. The van der Waals surface area contributed by atoms with Gasteiger partial charge in [0.15, 0.2) is 6.10 Å². The number of unbranched alkanes of at least 4 members (excludes halogenated alkanes) is 17. The zero-order valence-electron chi connectivity index (χ0n) is 34.4. The Labute approximate surface area is 331 Å². The Balaban J connectivity index is 4.19. The molecule has 0 aliphatic carbocycles. The molecule has 0 saturated carbocycles. The minimum absolute atomic E-state index is 0.0123. The average molecular weight is 778 g/mol. The molecule has 0 spiro atoms. The number of hydrogen-bond acceptors (Lipinski definition) is 7. The predicted octanol–water partition coefficient (Wildman–Crippen LogP) is 13.1. The second kappa shape index (κ2) is 41.9. The lowest BCUT2D eigenvalue weighted by atomic mass is 10.1. The summed E-state index contributed by atoms with van der Waals surface area (Å²) in [6.45, 7) is 4.14. The molecule has 0 fully saturated rings. The first-order valence-electron chi connectivity index (χ1n) is 21.5. The molecule has 0 heterocycles. The summed E-state index contributed by atoms with van der Waals surface area (Å²) in [4.78, 5) is 22.4. The highest BCUT2D eigenvalue weighted by Gasteiger charge is 2.25. The van der Waals surface area contributed by atoms with E-state index in [9.17, 15) is 14.3 Å². The van der Waals surface area contributed by atoms with Crippen molar-refractivity contribution < 1.29 is 32.8 Å². The molecule has 0 radical (unpaired) electrons. The maximum absolute atomic E-state index is 12.6. The van der Waals surface area contributed by atoms with Gasteiger partial charge in [0, 0.05) is 13.0 Å². The van der Waals surface area contributed by atoms with Crippen molar-refractivity contribution in [2.24, 2.45) is 5.73 Å². The highest BCUT2D eigenvalue weighted by atomic mass is 31.2. The van der Waals surface area contributed by atoms with Gasteiger partial charge in [0.1, 0.15) is 6.61 Å². The molecular formula is C45H80NO7P. The molecule has 0 rings (SSSR count). The van der Waals surface area contributed by atoms with Crippen LogP contribution in [0.2, 0.25) is 0 Å². The van der Waals surface area contributed by atoms with Crippen molar-refractivity contribution in [1.29, 1.82) is 0 Å². The summed E-state index contributed by atoms with van der Waals surface area (Å²) in [6, 6.07) is 0. The van der Waals surface area contributed by atoms with Gasteiger partial charge in [-0.3, -0.25) is 13.8 Å². The summed E-state index contributed by atoms with van der Waals surface area (Å²) < 4.78 is 33.1. The minimum Gasteiger partial charge on any atom is -0.498 e. The molecule has 0 aliphatic rings. The Kier molecular flexibility index (Phi) is 40.2. The summed E-state index contributed by atoms with van der Waals surface area (Å²) in [5, 5.41) is 0. The normalized spacial score (nSPS) is 14.1. The zero-order chi connectivity index (χ0) is 39.5. The van der Waals surface area contributed by atoms with Crippen LogP contribution in [0, 0.1) is 0 Å². The van der Waals surface area contributed by atoms with Crippen LogP contribution in [0.3, 0.4) is 0 Å². The molecule has 0 bridgehead atoms. The van der Waals surface area contributed by atoms with Crippen LogP contribution in [0.1, 0.15) is 174 Å². The lowest BCUT2D eigenvalue weighted by Crippen LogP contribution is -2.27. The number of carbonyl (C=O) groups is 1. The number of nitrogens with two attached hydrogens (primary N) is 1. The Morgan fingerprint density at radius 3 is 1.54 bits per heavy atom. The van der Waals surface area contributed by atoms with E-state index in [-0.39, 0.29) is 38.8 Å². The number of carbonyl (C=O) groups excluding carboxylic acids is 1. The molecular weight excluding hydrogens is 697 g/mol. The van der Waals surface area contributed by atoms with Gasteiger partial charge in [0.2, 0.25) is 0 Å². The average Bonchev–Trinajstić information content (AvgIpc) is 3.16. The van der Waals surface area contributed by atoms with E-state index in [1.807, 2.05) is 6.08 Å². The van der Waals surface area contributed by atoms with Gasteiger partial charge in [0.05, 0.1) is 19.5 Å². The molecule has 2 atom stereocenters. The first-order chi connectivity index (χ1) is 26.4. The summed E-state index contributed by atoms with van der Waals surface area (Å²) in [6.07, 6.45) is 52.9. The highest BCUT2D eigenvalue weighted by Crippen LogP contribution is 2.43. The van der Waals surface area contributed by atoms with E-state index in [0.717, 1.165) is 51.4 Å². The fraction of sp³-hybridized carbons (Fsp3) is 0.711. The van der Waals surface area contributed by atoms with E-state index in [0.29, 0.717) is 6.42 Å². The molecule has 0 aromatic heterocycles. The van der Waals surface area contributed by atoms with Crippen molar-refractivity contribution >= 4 is 13.8 Å². The van der Waals surface area contributed by atoms with Crippen LogP contribution in [0.15, 0.2) is 73.1 Å². The molecule has 54 heavy (non-hydrogen) atoms. The van der Waals surface area contributed by atoms with Crippen molar-refractivity contribution in [2.45, 2.75) is 180 Å². The smallest absolute Gasteiger partial charge is 0.472 e. The number of hydrogen-bond donors (Lipinski definition) is 2. The number of rotatable bonds is 40. The molecule has 0 aliphatic heterocycles. The minimum atomic E-state index is -4.31. The fourth-order valence-corrected chi connectivity index (χ4v) is 6.23. The van der Waals surface area contributed by atoms with Gasteiger partial charge < -0.3 is 20.1 Å². The van der Waals surface area contributed by atoms with Crippen molar-refractivity contribution in [1.82, 2.24) is 0 Å². The van der Waals surface area contributed by atoms with Crippen LogP contribution < -0.4 is 5.73 Å². The van der Waals surface area contributed by atoms with E-state index in [4.69, 9.17) is 24.3 Å².